The first-order chi connectivity index (χ1) is 32.9. The molecule has 12 aliphatic rings. The molecule has 8 unspecified atom stereocenters. The number of nitrogens with zero attached hydrogens (tertiary/aromatic N) is 1. The predicted octanol–water partition coefficient (Wildman–Crippen LogP) is 13.9. The zero-order valence-corrected chi connectivity index (χ0v) is 38.5. The van der Waals surface area contributed by atoms with Crippen molar-refractivity contribution in [2.45, 2.75) is 94.3 Å². The number of hydrogen-bond acceptors (Lipinski definition) is 0. The van der Waals surface area contributed by atoms with Crippen LogP contribution in [0.1, 0.15) is 104 Å². The van der Waals surface area contributed by atoms with E-state index in [0.29, 0.717) is 27.6 Å². The Morgan fingerprint density at radius 2 is 1.31 bits per heavy atom. The first-order valence-electron chi connectivity index (χ1n) is 26.6. The second kappa shape index (κ2) is 11.1. The lowest BCUT2D eigenvalue weighted by atomic mass is 9.38. The van der Waals surface area contributed by atoms with Gasteiger partial charge >= 0.3 is 6.85 Å². The maximum absolute atomic E-state index is 2.93. The van der Waals surface area contributed by atoms with E-state index in [-0.39, 0.29) is 6.85 Å². The molecule has 2 spiro atoms. The Balaban J connectivity index is 0.905. The van der Waals surface area contributed by atoms with Gasteiger partial charge < -0.3 is 4.48 Å². The minimum atomic E-state index is 0.104. The molecule has 1 nitrogen and oxygen atoms in total. The standard InChI is InChI=1S/C65H54BN/c1-35-16-52-51-20-39-13-12-38(36-8-4-2-5-9-36)19-48(39)50-21-40(37-10-6-3-7-11-37)22-57(59(50)51)66-60(52)53(17-35)55-27-43(62-30-46-23-44-24-47(31-62)65(44,46)34-62)26-54-49-25-42(14-15-58(49)67(66)61(54)55)63-29-45-18-41-28-64(45,33-63)56(41)32-63/h2-17,19,21-22,25-27,41,44-47,51,56H,18,20,23-24,28-34H2,1H3. The first kappa shape index (κ1) is 35.5. The summed E-state index contributed by atoms with van der Waals surface area (Å²) >= 11 is 0. The monoisotopic (exact) mass is 859 g/mol. The molecule has 0 radical (unpaired) electrons. The topological polar surface area (TPSA) is 4.93 Å². The molecule has 7 aromatic carbocycles. The Morgan fingerprint density at radius 1 is 0.552 bits per heavy atom. The molecule has 10 aliphatic carbocycles. The molecule has 9 fully saturated rings. The lowest BCUT2D eigenvalue weighted by molar-refractivity contribution is -0.175. The quantitative estimate of drug-likeness (QED) is 0.155. The van der Waals surface area contributed by atoms with Crippen LogP contribution in [0.15, 0.2) is 133 Å². The summed E-state index contributed by atoms with van der Waals surface area (Å²) in [5.74, 6) is 6.30. The van der Waals surface area contributed by atoms with Crippen molar-refractivity contribution in [3.05, 3.63) is 167 Å². The molecule has 1 aromatic heterocycles. The average Bonchev–Trinajstić information content (AvgIpc) is 4.19. The van der Waals surface area contributed by atoms with Crippen molar-refractivity contribution in [3.8, 4) is 44.5 Å². The van der Waals surface area contributed by atoms with E-state index in [1.807, 2.05) is 0 Å². The Kier molecular flexibility index (Phi) is 5.90. The molecule has 8 aromatic rings. The Bertz CT molecular complexity index is 3640. The van der Waals surface area contributed by atoms with Crippen molar-refractivity contribution in [3.63, 3.8) is 0 Å². The molecular formula is C65H54BN. The molecule has 2 aliphatic heterocycles. The van der Waals surface area contributed by atoms with Crippen molar-refractivity contribution in [2.24, 2.45) is 46.3 Å². The molecule has 5 bridgehead atoms. The van der Waals surface area contributed by atoms with Crippen LogP contribution in [0.2, 0.25) is 0 Å². The van der Waals surface area contributed by atoms with Gasteiger partial charge in [-0.1, -0.05) is 103 Å². The van der Waals surface area contributed by atoms with Gasteiger partial charge in [0.05, 0.1) is 0 Å². The third-order valence-electron chi connectivity index (χ3n) is 23.2. The summed E-state index contributed by atoms with van der Waals surface area (Å²) in [5.41, 5.74) is 28.8. The second-order valence-electron chi connectivity index (χ2n) is 25.3. The summed E-state index contributed by atoms with van der Waals surface area (Å²) in [4.78, 5) is 0. The SMILES string of the molecule is Cc1cc2c3c(c1)C1Cc4ccc(-c5ccccc5)cc4-c4cc(-c5ccccc5)cc(c41)B3n1c3ccc(C45CC6CC7CC6(C4)C7C5)cc3c3cc(C45CC6CC7CC(C4)C76C5)cc-2c31. The zero-order chi connectivity index (χ0) is 43.1. The highest BCUT2D eigenvalue weighted by molar-refractivity contribution is 6.88. The van der Waals surface area contributed by atoms with E-state index in [1.54, 1.807) is 38.5 Å². The Hall–Kier alpha value is -5.60. The van der Waals surface area contributed by atoms with E-state index < -0.39 is 0 Å². The largest absolute Gasteiger partial charge is 0.375 e. The van der Waals surface area contributed by atoms with Crippen molar-refractivity contribution < 1.29 is 0 Å². The molecule has 0 N–H and O–H groups in total. The van der Waals surface area contributed by atoms with Gasteiger partial charge in [-0.05, 0) is 249 Å². The molecule has 3 heterocycles. The molecule has 67 heavy (non-hydrogen) atoms. The van der Waals surface area contributed by atoms with E-state index in [0.717, 1.165) is 41.9 Å². The van der Waals surface area contributed by atoms with Crippen LogP contribution in [-0.2, 0) is 17.3 Å². The fourth-order valence-corrected chi connectivity index (χ4v) is 21.0. The lowest BCUT2D eigenvalue weighted by Crippen LogP contribution is -2.59. The predicted molar refractivity (Wildman–Crippen MR) is 274 cm³/mol. The molecule has 0 saturated heterocycles. The van der Waals surface area contributed by atoms with Crippen molar-refractivity contribution >= 4 is 39.6 Å². The Morgan fingerprint density at radius 3 is 2.09 bits per heavy atom. The van der Waals surface area contributed by atoms with Gasteiger partial charge in [-0.15, -0.1) is 0 Å². The van der Waals surface area contributed by atoms with Crippen molar-refractivity contribution in [2.75, 3.05) is 0 Å². The maximum atomic E-state index is 2.93. The summed E-state index contributed by atoms with van der Waals surface area (Å²) in [7, 11) is 0. The highest BCUT2D eigenvalue weighted by atomic mass is 14.9. The van der Waals surface area contributed by atoms with Gasteiger partial charge in [-0.3, -0.25) is 0 Å². The average molecular weight is 860 g/mol. The maximum Gasteiger partial charge on any atom is 0.329 e. The molecule has 0 amide bonds. The van der Waals surface area contributed by atoms with Gasteiger partial charge in [0, 0.05) is 33.3 Å². The van der Waals surface area contributed by atoms with Crippen LogP contribution in [0.4, 0.5) is 0 Å². The molecule has 9 saturated carbocycles. The number of fused-ring (bicyclic) bond motifs is 11. The number of rotatable bonds is 4. The fourth-order valence-electron chi connectivity index (χ4n) is 21.0. The van der Waals surface area contributed by atoms with Crippen molar-refractivity contribution in [1.29, 1.82) is 0 Å². The van der Waals surface area contributed by atoms with E-state index in [1.165, 1.54) is 136 Å². The fraction of sp³-hybridized carbons (Fsp3) is 0.354. The summed E-state index contributed by atoms with van der Waals surface area (Å²) in [6.45, 7) is 2.50. The molecule has 2 heteroatoms. The molecule has 322 valence electrons. The van der Waals surface area contributed by atoms with Gasteiger partial charge in [-0.2, -0.15) is 0 Å². The zero-order valence-electron chi connectivity index (χ0n) is 38.5. The highest BCUT2D eigenvalue weighted by Crippen LogP contribution is 2.85. The van der Waals surface area contributed by atoms with Crippen LogP contribution in [0.25, 0.3) is 66.3 Å². The van der Waals surface area contributed by atoms with Crippen LogP contribution < -0.4 is 10.9 Å². The molecule has 20 rings (SSSR count). The van der Waals surface area contributed by atoms with E-state index in [9.17, 15) is 0 Å². The van der Waals surface area contributed by atoms with Gasteiger partial charge in [0.1, 0.15) is 0 Å². The van der Waals surface area contributed by atoms with E-state index >= 15 is 0 Å². The van der Waals surface area contributed by atoms with Crippen LogP contribution in [0.3, 0.4) is 0 Å². The van der Waals surface area contributed by atoms with Crippen LogP contribution in [-0.4, -0.2) is 11.3 Å². The first-order valence-corrected chi connectivity index (χ1v) is 26.6. The van der Waals surface area contributed by atoms with E-state index in [4.69, 9.17) is 0 Å². The van der Waals surface area contributed by atoms with Crippen LogP contribution >= 0.6 is 0 Å². The van der Waals surface area contributed by atoms with E-state index in [2.05, 4.69) is 145 Å². The minimum absolute atomic E-state index is 0.104. The number of hydrogen-bond donors (Lipinski definition) is 0. The highest BCUT2D eigenvalue weighted by Gasteiger charge is 2.78. The van der Waals surface area contributed by atoms with Gasteiger partial charge in [0.2, 0.25) is 0 Å². The summed E-state index contributed by atoms with van der Waals surface area (Å²) in [6, 6.07) is 54.0. The summed E-state index contributed by atoms with van der Waals surface area (Å²) in [5, 5.41) is 3.11. The summed E-state index contributed by atoms with van der Waals surface area (Å²) < 4.78 is 2.93. The third kappa shape index (κ3) is 3.85. The lowest BCUT2D eigenvalue weighted by Gasteiger charge is -2.66. The van der Waals surface area contributed by atoms with Crippen LogP contribution in [0.5, 0.6) is 0 Å². The molecular weight excluding hydrogens is 806 g/mol. The summed E-state index contributed by atoms with van der Waals surface area (Å²) in [6.07, 6.45) is 15.8. The normalized spacial score (nSPS) is 35.5. The van der Waals surface area contributed by atoms with Gasteiger partial charge in [0.25, 0.3) is 0 Å². The Labute approximate surface area is 394 Å². The smallest absolute Gasteiger partial charge is 0.329 e. The molecule has 8 atom stereocenters. The van der Waals surface area contributed by atoms with Gasteiger partial charge in [0.15, 0.2) is 0 Å². The van der Waals surface area contributed by atoms with Gasteiger partial charge in [-0.25, -0.2) is 0 Å². The van der Waals surface area contributed by atoms with Crippen LogP contribution in [0, 0.1) is 53.3 Å². The van der Waals surface area contributed by atoms with Crippen molar-refractivity contribution in [1.82, 2.24) is 4.48 Å². The minimum Gasteiger partial charge on any atom is -0.375 e. The number of benzene rings is 7. The number of aryl methyl sites for hydroxylation is 1. The number of aromatic nitrogens is 1. The third-order valence-corrected chi connectivity index (χ3v) is 23.2. The second-order valence-corrected chi connectivity index (χ2v) is 25.3.